The van der Waals surface area contributed by atoms with Gasteiger partial charge in [-0.1, -0.05) is 42.0 Å². The van der Waals surface area contributed by atoms with Crippen LogP contribution in [-0.2, 0) is 9.59 Å². The van der Waals surface area contributed by atoms with Crippen molar-refractivity contribution in [3.8, 4) is 11.5 Å². The molecule has 2 aromatic rings. The number of hydrogen-bond acceptors (Lipinski definition) is 4. The maximum Gasteiger partial charge on any atom is 0.260 e. The molecule has 28 heavy (non-hydrogen) atoms. The zero-order valence-corrected chi connectivity index (χ0v) is 16.8. The van der Waals surface area contributed by atoms with E-state index in [1.807, 2.05) is 31.2 Å². The van der Waals surface area contributed by atoms with Crippen LogP contribution in [0, 0.1) is 0 Å². The van der Waals surface area contributed by atoms with Gasteiger partial charge in [0, 0.05) is 7.05 Å². The molecule has 0 radical (unpaired) electrons. The summed E-state index contributed by atoms with van der Waals surface area (Å²) in [5, 5.41) is 3.11. The average Bonchev–Trinajstić information content (AvgIpc) is 2.68. The number of carbonyl (C=O) groups is 2. The van der Waals surface area contributed by atoms with Crippen molar-refractivity contribution >= 4 is 35.2 Å². The van der Waals surface area contributed by atoms with Crippen molar-refractivity contribution < 1.29 is 19.1 Å². The van der Waals surface area contributed by atoms with Crippen molar-refractivity contribution in [2.45, 2.75) is 6.92 Å². The lowest BCUT2D eigenvalue weighted by molar-refractivity contribution is -0.135. The molecule has 7 heteroatoms. The number of ether oxygens (including phenoxy) is 2. The van der Waals surface area contributed by atoms with Gasteiger partial charge in [-0.25, -0.2) is 0 Å². The Morgan fingerprint density at radius 1 is 1.18 bits per heavy atom. The summed E-state index contributed by atoms with van der Waals surface area (Å²) in [6.45, 7) is 1.59. The fourth-order valence-electron chi connectivity index (χ4n) is 2.41. The second kappa shape index (κ2) is 10.4. The standard InChI is InChI=1S/C21H23ClN2O4/c1-4-7-15-10-11-18(19(12-15)27-3)28-14-21(26)24(2)13-20(25)23-17-9-6-5-8-16(17)22/h4-12H,13-14H2,1-3H3,(H,23,25)/b7-4+. The predicted octanol–water partition coefficient (Wildman–Crippen LogP) is 3.86. The fraction of sp³-hybridized carbons (Fsp3) is 0.238. The molecular formula is C21H23ClN2O4. The number of nitrogens with zero attached hydrogens (tertiary/aromatic N) is 1. The zero-order valence-electron chi connectivity index (χ0n) is 16.1. The van der Waals surface area contributed by atoms with Gasteiger partial charge < -0.3 is 19.7 Å². The van der Waals surface area contributed by atoms with E-state index < -0.39 is 0 Å². The summed E-state index contributed by atoms with van der Waals surface area (Å²) in [6.07, 6.45) is 3.85. The van der Waals surface area contributed by atoms with E-state index >= 15 is 0 Å². The average molecular weight is 403 g/mol. The summed E-state index contributed by atoms with van der Waals surface area (Å²) < 4.78 is 10.9. The van der Waals surface area contributed by atoms with Gasteiger partial charge in [0.15, 0.2) is 18.1 Å². The van der Waals surface area contributed by atoms with Crippen LogP contribution >= 0.6 is 11.6 Å². The number of hydrogen-bond donors (Lipinski definition) is 1. The summed E-state index contributed by atoms with van der Waals surface area (Å²) in [5.74, 6) is 0.298. The number of para-hydroxylation sites is 1. The van der Waals surface area contributed by atoms with E-state index in [2.05, 4.69) is 5.32 Å². The SMILES string of the molecule is C/C=C/c1ccc(OCC(=O)N(C)CC(=O)Nc2ccccc2Cl)c(OC)c1. The highest BCUT2D eigenvalue weighted by molar-refractivity contribution is 6.33. The monoisotopic (exact) mass is 402 g/mol. The third-order valence-electron chi connectivity index (χ3n) is 3.85. The molecule has 0 bridgehead atoms. The van der Waals surface area contributed by atoms with Crippen molar-refractivity contribution in [3.63, 3.8) is 0 Å². The van der Waals surface area contributed by atoms with Crippen molar-refractivity contribution in [1.82, 2.24) is 4.90 Å². The van der Waals surface area contributed by atoms with Gasteiger partial charge in [-0.05, 0) is 36.8 Å². The molecule has 0 aliphatic carbocycles. The highest BCUT2D eigenvalue weighted by Gasteiger charge is 2.15. The van der Waals surface area contributed by atoms with Crippen molar-refractivity contribution in [3.05, 3.63) is 59.1 Å². The number of halogens is 1. The molecule has 0 saturated carbocycles. The van der Waals surface area contributed by atoms with Gasteiger partial charge in [-0.3, -0.25) is 9.59 Å². The van der Waals surface area contributed by atoms with Gasteiger partial charge >= 0.3 is 0 Å². The van der Waals surface area contributed by atoms with Gasteiger partial charge in [0.1, 0.15) is 0 Å². The number of amides is 2. The lowest BCUT2D eigenvalue weighted by Crippen LogP contribution is -2.37. The molecule has 0 aliphatic rings. The molecule has 2 rings (SSSR count). The Labute approximate surface area is 169 Å². The van der Waals surface area contributed by atoms with Crippen LogP contribution < -0.4 is 14.8 Å². The van der Waals surface area contributed by atoms with Crippen LogP contribution in [0.3, 0.4) is 0 Å². The summed E-state index contributed by atoms with van der Waals surface area (Å²) in [6, 6.07) is 12.3. The van der Waals surface area contributed by atoms with Gasteiger partial charge in [0.2, 0.25) is 5.91 Å². The van der Waals surface area contributed by atoms with Crippen molar-refractivity contribution in [1.29, 1.82) is 0 Å². The Hall–Kier alpha value is -2.99. The van der Waals surface area contributed by atoms with Gasteiger partial charge in [-0.2, -0.15) is 0 Å². The molecule has 0 spiro atoms. The number of nitrogens with one attached hydrogen (secondary N) is 1. The maximum absolute atomic E-state index is 12.3. The first kappa shape index (κ1) is 21.3. The first-order chi connectivity index (χ1) is 13.4. The number of allylic oxidation sites excluding steroid dienone is 1. The summed E-state index contributed by atoms with van der Waals surface area (Å²) in [4.78, 5) is 25.7. The van der Waals surface area contributed by atoms with Crippen molar-refractivity contribution in [2.24, 2.45) is 0 Å². The summed E-state index contributed by atoms with van der Waals surface area (Å²) >= 11 is 6.01. The molecule has 6 nitrogen and oxygen atoms in total. The first-order valence-electron chi connectivity index (χ1n) is 8.66. The number of likely N-dealkylation sites (N-methyl/N-ethyl adjacent to an activating group) is 1. The summed E-state index contributed by atoms with van der Waals surface area (Å²) in [5.41, 5.74) is 1.46. The van der Waals surface area contributed by atoms with Crippen LogP contribution in [0.1, 0.15) is 12.5 Å². The van der Waals surface area contributed by atoms with E-state index in [0.717, 1.165) is 5.56 Å². The van der Waals surface area contributed by atoms with Crippen LogP contribution in [0.4, 0.5) is 5.69 Å². The minimum Gasteiger partial charge on any atom is -0.493 e. The number of methoxy groups -OCH3 is 1. The number of rotatable bonds is 8. The fourth-order valence-corrected chi connectivity index (χ4v) is 2.59. The first-order valence-corrected chi connectivity index (χ1v) is 9.04. The number of carbonyl (C=O) groups excluding carboxylic acids is 2. The highest BCUT2D eigenvalue weighted by atomic mass is 35.5. The zero-order chi connectivity index (χ0) is 20.5. The lowest BCUT2D eigenvalue weighted by Gasteiger charge is -2.18. The van der Waals surface area contributed by atoms with E-state index in [-0.39, 0.29) is 25.0 Å². The van der Waals surface area contributed by atoms with E-state index in [1.54, 1.807) is 30.3 Å². The minimum absolute atomic E-state index is 0.120. The molecule has 0 saturated heterocycles. The molecule has 2 amide bonds. The quantitative estimate of drug-likeness (QED) is 0.728. The Morgan fingerprint density at radius 3 is 2.61 bits per heavy atom. The molecular weight excluding hydrogens is 380 g/mol. The third kappa shape index (κ3) is 6.03. The molecule has 0 aliphatic heterocycles. The minimum atomic E-state index is -0.350. The second-order valence-electron chi connectivity index (χ2n) is 5.98. The largest absolute Gasteiger partial charge is 0.493 e. The van der Waals surface area contributed by atoms with Crippen LogP contribution in [0.5, 0.6) is 11.5 Å². The van der Waals surface area contributed by atoms with Gasteiger partial charge in [-0.15, -0.1) is 0 Å². The molecule has 148 valence electrons. The predicted molar refractivity (Wildman–Crippen MR) is 111 cm³/mol. The molecule has 1 N–H and O–H groups in total. The molecule has 0 unspecified atom stereocenters. The summed E-state index contributed by atoms with van der Waals surface area (Å²) in [7, 11) is 3.07. The van der Waals surface area contributed by atoms with E-state index in [1.165, 1.54) is 19.1 Å². The molecule has 0 heterocycles. The topological polar surface area (TPSA) is 67.9 Å². The maximum atomic E-state index is 12.3. The highest BCUT2D eigenvalue weighted by Crippen LogP contribution is 2.28. The van der Waals surface area contributed by atoms with Crippen molar-refractivity contribution in [2.75, 3.05) is 32.6 Å². The third-order valence-corrected chi connectivity index (χ3v) is 4.18. The van der Waals surface area contributed by atoms with Crippen LogP contribution in [-0.4, -0.2) is 44.0 Å². The number of anilines is 1. The van der Waals surface area contributed by atoms with Crippen LogP contribution in [0.2, 0.25) is 5.02 Å². The molecule has 0 fully saturated rings. The Kier molecular flexibility index (Phi) is 7.89. The van der Waals surface area contributed by atoms with E-state index in [0.29, 0.717) is 22.2 Å². The molecule has 2 aromatic carbocycles. The normalized spacial score (nSPS) is 10.6. The second-order valence-corrected chi connectivity index (χ2v) is 6.38. The number of benzene rings is 2. The smallest absolute Gasteiger partial charge is 0.260 e. The van der Waals surface area contributed by atoms with E-state index in [4.69, 9.17) is 21.1 Å². The Balaban J connectivity index is 1.90. The lowest BCUT2D eigenvalue weighted by atomic mass is 10.2. The van der Waals surface area contributed by atoms with Gasteiger partial charge in [0.25, 0.3) is 5.91 Å². The Bertz CT molecular complexity index is 867. The molecule has 0 aromatic heterocycles. The molecule has 0 atom stereocenters. The van der Waals surface area contributed by atoms with E-state index in [9.17, 15) is 9.59 Å². The van der Waals surface area contributed by atoms with Crippen LogP contribution in [0.25, 0.3) is 6.08 Å². The Morgan fingerprint density at radius 2 is 1.93 bits per heavy atom. The van der Waals surface area contributed by atoms with Crippen LogP contribution in [0.15, 0.2) is 48.5 Å². The van der Waals surface area contributed by atoms with Gasteiger partial charge in [0.05, 0.1) is 24.4 Å².